The Morgan fingerprint density at radius 1 is 1.25 bits per heavy atom. The minimum atomic E-state index is 0.178. The Morgan fingerprint density at radius 3 is 2.46 bits per heavy atom. The highest BCUT2D eigenvalue weighted by Crippen LogP contribution is 2.44. The van der Waals surface area contributed by atoms with E-state index >= 15 is 0 Å². The fraction of sp³-hybridized carbons (Fsp3) is 0.667. The number of rotatable bonds is 6. The molecule has 0 aromatic heterocycles. The molecule has 0 radical (unpaired) electrons. The van der Waals surface area contributed by atoms with Crippen molar-refractivity contribution < 1.29 is 4.74 Å². The molecule has 4 heteroatoms. The van der Waals surface area contributed by atoms with Gasteiger partial charge in [0.25, 0.3) is 0 Å². The summed E-state index contributed by atoms with van der Waals surface area (Å²) >= 11 is 6.12. The molecule has 2 fully saturated rings. The first-order valence-electron chi connectivity index (χ1n) is 11.0. The third-order valence-electron chi connectivity index (χ3n) is 5.86. The van der Waals surface area contributed by atoms with Gasteiger partial charge in [-0.3, -0.25) is 4.90 Å². The molecule has 2 atom stereocenters. The molecule has 1 aliphatic heterocycles. The zero-order chi connectivity index (χ0) is 20.2. The Bertz CT molecular complexity index is 559. The summed E-state index contributed by atoms with van der Waals surface area (Å²) in [7, 11) is 0. The molecule has 0 spiro atoms. The first kappa shape index (κ1) is 23.4. The number of halogens is 1. The number of allylic oxidation sites excluding steroid dienone is 1. The highest BCUT2D eigenvalue weighted by molar-refractivity contribution is 6.30. The molecule has 3 nitrogen and oxygen atoms in total. The van der Waals surface area contributed by atoms with Gasteiger partial charge >= 0.3 is 0 Å². The van der Waals surface area contributed by atoms with Crippen LogP contribution in [0.15, 0.2) is 36.4 Å². The van der Waals surface area contributed by atoms with Crippen molar-refractivity contribution in [2.45, 2.75) is 58.4 Å². The van der Waals surface area contributed by atoms with Gasteiger partial charge < -0.3 is 10.1 Å². The normalized spacial score (nSPS) is 25.5. The first-order chi connectivity index (χ1) is 13.6. The Balaban J connectivity index is 0.000000397. The summed E-state index contributed by atoms with van der Waals surface area (Å²) in [5.74, 6) is 0.786. The van der Waals surface area contributed by atoms with Crippen LogP contribution in [0.2, 0.25) is 5.02 Å². The minimum absolute atomic E-state index is 0.178. The standard InChI is InChI=1S/C20H30ClN.C4H9NO/c1-4-6-15-22(14-5-2)20(13-7-8-17(3)16-20)18-9-11-19(21)12-10-18;1-3-6-4-2-5-1/h4,6,9-12,17H,5,7-8,13-16H2,1-3H3;5H,1-4H2. The molecule has 1 heterocycles. The predicted molar refractivity (Wildman–Crippen MR) is 121 cm³/mol. The molecule has 28 heavy (non-hydrogen) atoms. The Kier molecular flexibility index (Phi) is 10.6. The van der Waals surface area contributed by atoms with Crippen molar-refractivity contribution in [1.29, 1.82) is 0 Å². The van der Waals surface area contributed by atoms with Crippen molar-refractivity contribution >= 4 is 11.6 Å². The Hall–Kier alpha value is -0.870. The number of hydrogen-bond acceptors (Lipinski definition) is 3. The Labute approximate surface area is 177 Å². The molecule has 1 saturated heterocycles. The van der Waals surface area contributed by atoms with E-state index in [2.05, 4.69) is 67.4 Å². The van der Waals surface area contributed by atoms with Crippen LogP contribution in [0.5, 0.6) is 0 Å². The van der Waals surface area contributed by atoms with Gasteiger partial charge in [0.2, 0.25) is 0 Å². The fourth-order valence-electron chi connectivity index (χ4n) is 4.51. The van der Waals surface area contributed by atoms with E-state index in [1.807, 2.05) is 0 Å². The van der Waals surface area contributed by atoms with E-state index in [1.54, 1.807) is 0 Å². The summed E-state index contributed by atoms with van der Waals surface area (Å²) in [6.45, 7) is 12.8. The molecular formula is C24H39ClN2O. The molecule has 1 aromatic carbocycles. The van der Waals surface area contributed by atoms with Gasteiger partial charge in [-0.2, -0.15) is 0 Å². The van der Waals surface area contributed by atoms with E-state index in [1.165, 1.54) is 37.7 Å². The number of nitrogens with zero attached hydrogens (tertiary/aromatic N) is 1. The number of hydrogen-bond donors (Lipinski definition) is 1. The quantitative estimate of drug-likeness (QED) is 0.618. The summed E-state index contributed by atoms with van der Waals surface area (Å²) in [6, 6.07) is 8.60. The molecule has 1 N–H and O–H groups in total. The molecule has 3 rings (SSSR count). The highest BCUT2D eigenvalue weighted by Gasteiger charge is 2.40. The van der Waals surface area contributed by atoms with E-state index in [0.717, 1.165) is 50.3 Å². The topological polar surface area (TPSA) is 24.5 Å². The summed E-state index contributed by atoms with van der Waals surface area (Å²) in [5.41, 5.74) is 1.62. The maximum Gasteiger partial charge on any atom is 0.0591 e. The van der Waals surface area contributed by atoms with E-state index in [9.17, 15) is 0 Å². The van der Waals surface area contributed by atoms with Crippen molar-refractivity contribution in [1.82, 2.24) is 10.2 Å². The number of morpholine rings is 1. The summed E-state index contributed by atoms with van der Waals surface area (Å²) in [5, 5.41) is 3.99. The van der Waals surface area contributed by atoms with E-state index in [-0.39, 0.29) is 5.54 Å². The van der Waals surface area contributed by atoms with Crippen LogP contribution in [0.4, 0.5) is 0 Å². The molecule has 0 bridgehead atoms. The monoisotopic (exact) mass is 406 g/mol. The largest absolute Gasteiger partial charge is 0.379 e. The highest BCUT2D eigenvalue weighted by atomic mass is 35.5. The number of ether oxygens (including phenoxy) is 1. The second-order valence-electron chi connectivity index (χ2n) is 8.12. The van der Waals surface area contributed by atoms with Crippen LogP contribution in [0.1, 0.15) is 58.4 Å². The molecule has 1 aliphatic carbocycles. The summed E-state index contributed by atoms with van der Waals surface area (Å²) < 4.78 is 5.01. The molecule has 1 saturated carbocycles. The number of nitrogens with one attached hydrogen (secondary N) is 1. The summed E-state index contributed by atoms with van der Waals surface area (Å²) in [6.07, 6.45) is 10.9. The first-order valence-corrected chi connectivity index (χ1v) is 11.4. The van der Waals surface area contributed by atoms with Gasteiger partial charge in [-0.25, -0.2) is 0 Å². The van der Waals surface area contributed by atoms with Crippen LogP contribution in [0.25, 0.3) is 0 Å². The molecule has 0 amide bonds. The molecule has 1 aromatic rings. The maximum atomic E-state index is 6.12. The van der Waals surface area contributed by atoms with E-state index < -0.39 is 0 Å². The van der Waals surface area contributed by atoms with Gasteiger partial charge in [0.15, 0.2) is 0 Å². The van der Waals surface area contributed by atoms with Crippen LogP contribution in [0, 0.1) is 5.92 Å². The van der Waals surface area contributed by atoms with Crippen LogP contribution in [0.3, 0.4) is 0 Å². The lowest BCUT2D eigenvalue weighted by molar-refractivity contribution is 0.0382. The molecular weight excluding hydrogens is 368 g/mol. The van der Waals surface area contributed by atoms with Crippen molar-refractivity contribution in [3.8, 4) is 0 Å². The molecule has 2 aliphatic rings. The molecule has 2 unspecified atom stereocenters. The second kappa shape index (κ2) is 12.6. The van der Waals surface area contributed by atoms with Crippen molar-refractivity contribution in [2.75, 3.05) is 39.4 Å². The van der Waals surface area contributed by atoms with E-state index in [4.69, 9.17) is 16.3 Å². The van der Waals surface area contributed by atoms with Crippen LogP contribution in [-0.4, -0.2) is 44.3 Å². The van der Waals surface area contributed by atoms with Crippen LogP contribution < -0.4 is 5.32 Å². The average molecular weight is 407 g/mol. The molecule has 158 valence electrons. The van der Waals surface area contributed by atoms with Gasteiger partial charge in [-0.1, -0.05) is 62.6 Å². The summed E-state index contributed by atoms with van der Waals surface area (Å²) in [4.78, 5) is 2.70. The maximum absolute atomic E-state index is 6.12. The van der Waals surface area contributed by atoms with Crippen molar-refractivity contribution in [3.63, 3.8) is 0 Å². The van der Waals surface area contributed by atoms with Crippen LogP contribution >= 0.6 is 11.6 Å². The minimum Gasteiger partial charge on any atom is -0.379 e. The third-order valence-corrected chi connectivity index (χ3v) is 6.11. The van der Waals surface area contributed by atoms with Crippen molar-refractivity contribution in [3.05, 3.63) is 47.0 Å². The van der Waals surface area contributed by atoms with Gasteiger partial charge in [0.05, 0.1) is 13.2 Å². The lowest BCUT2D eigenvalue weighted by Crippen LogP contribution is -2.49. The number of benzene rings is 1. The van der Waals surface area contributed by atoms with Gasteiger partial charge in [-0.15, -0.1) is 0 Å². The predicted octanol–water partition coefficient (Wildman–Crippen LogP) is 5.64. The second-order valence-corrected chi connectivity index (χ2v) is 8.55. The third kappa shape index (κ3) is 6.88. The Morgan fingerprint density at radius 2 is 1.96 bits per heavy atom. The zero-order valence-electron chi connectivity index (χ0n) is 18.1. The van der Waals surface area contributed by atoms with Crippen molar-refractivity contribution in [2.24, 2.45) is 5.92 Å². The van der Waals surface area contributed by atoms with Gasteiger partial charge in [0.1, 0.15) is 0 Å². The fourth-order valence-corrected chi connectivity index (χ4v) is 4.64. The lowest BCUT2D eigenvalue weighted by Gasteiger charge is -2.48. The average Bonchev–Trinajstić information content (AvgIpc) is 2.73. The van der Waals surface area contributed by atoms with Gasteiger partial charge in [0, 0.05) is 30.2 Å². The van der Waals surface area contributed by atoms with Crippen LogP contribution in [-0.2, 0) is 10.3 Å². The van der Waals surface area contributed by atoms with E-state index in [0.29, 0.717) is 0 Å². The SMILES string of the molecule is C1COCCN1.CC=CCN(CCC)C1(c2ccc(Cl)cc2)CCCC(C)C1. The van der Waals surface area contributed by atoms with Gasteiger partial charge in [-0.05, 0) is 56.3 Å². The smallest absolute Gasteiger partial charge is 0.0591 e. The zero-order valence-corrected chi connectivity index (χ0v) is 18.8. The lowest BCUT2D eigenvalue weighted by atomic mass is 9.71.